The Hall–Kier alpha value is -0.0800. The molecule has 0 unspecified atom stereocenters. The maximum atomic E-state index is 7.12. The van der Waals surface area contributed by atoms with Gasteiger partial charge in [-0.1, -0.05) is 213 Å². The van der Waals surface area contributed by atoms with Crippen LogP contribution in [-0.2, 0) is 0 Å². The monoisotopic (exact) mass is 553 g/mol. The molecule has 0 aliphatic carbocycles. The molecule has 2 nitrogen and oxygen atoms in total. The molecule has 0 rings (SSSR count). The van der Waals surface area contributed by atoms with Gasteiger partial charge in [0.15, 0.2) is 0 Å². The minimum atomic E-state index is 0. The van der Waals surface area contributed by atoms with E-state index in [-0.39, 0.29) is 11.7 Å². The first-order valence-corrected chi connectivity index (χ1v) is 18.5. The Labute approximate surface area is 249 Å². The van der Waals surface area contributed by atoms with E-state index in [1.165, 1.54) is 212 Å². The van der Waals surface area contributed by atoms with Gasteiger partial charge in [0.25, 0.3) is 0 Å². The van der Waals surface area contributed by atoms with Gasteiger partial charge in [0, 0.05) is 5.54 Å². The van der Waals surface area contributed by atoms with Gasteiger partial charge in [-0.3, -0.25) is 0 Å². The highest BCUT2D eigenvalue weighted by molar-refractivity contribution is 4.84. The second-order valence-corrected chi connectivity index (χ2v) is 13.2. The first-order valence-electron chi connectivity index (χ1n) is 18.5. The summed E-state index contributed by atoms with van der Waals surface area (Å²) in [6, 6.07) is 0. The van der Waals surface area contributed by atoms with Gasteiger partial charge in [-0.15, -0.1) is 0 Å². The molecule has 0 heterocycles. The predicted molar refractivity (Wildman–Crippen MR) is 181 cm³/mol. The van der Waals surface area contributed by atoms with Crippen LogP contribution in [0.3, 0.4) is 0 Å². The summed E-state index contributed by atoms with van der Waals surface area (Å²) in [5.74, 6) is 0. The van der Waals surface area contributed by atoms with Crippen molar-refractivity contribution in [1.29, 1.82) is 0 Å². The van der Waals surface area contributed by atoms with Gasteiger partial charge in [-0.2, -0.15) is 0 Å². The van der Waals surface area contributed by atoms with Gasteiger partial charge in [0.2, 0.25) is 0 Å². The Balaban J connectivity index is 0. The predicted octanol–water partition coefficient (Wildman–Crippen LogP) is 13.8. The van der Waals surface area contributed by atoms with E-state index in [9.17, 15) is 0 Å². The van der Waals surface area contributed by atoms with Crippen LogP contribution in [0.5, 0.6) is 0 Å². The van der Waals surface area contributed by atoms with E-state index in [0.717, 1.165) is 0 Å². The molecule has 0 spiro atoms. The lowest BCUT2D eigenvalue weighted by molar-refractivity contribution is 0.302. The third-order valence-corrected chi connectivity index (χ3v) is 9.08. The van der Waals surface area contributed by atoms with Crippen molar-refractivity contribution in [2.24, 2.45) is 5.73 Å². The Bertz CT molecular complexity index is 362. The summed E-state index contributed by atoms with van der Waals surface area (Å²) in [6.45, 7) is 6.93. The van der Waals surface area contributed by atoms with Crippen LogP contribution >= 0.6 is 0 Å². The van der Waals surface area contributed by atoms with Crippen molar-refractivity contribution in [2.45, 2.75) is 238 Å². The summed E-state index contributed by atoms with van der Waals surface area (Å²) in [5, 5.41) is 0. The van der Waals surface area contributed by atoms with Crippen LogP contribution in [0.1, 0.15) is 233 Å². The van der Waals surface area contributed by atoms with Crippen molar-refractivity contribution >= 4 is 0 Å². The van der Waals surface area contributed by atoms with Gasteiger partial charge in [-0.25, -0.2) is 0 Å². The van der Waals surface area contributed by atoms with Crippen molar-refractivity contribution in [3.8, 4) is 0 Å². The zero-order valence-electron chi connectivity index (χ0n) is 28.1. The zero-order chi connectivity index (χ0) is 27.8. The van der Waals surface area contributed by atoms with E-state index < -0.39 is 0 Å². The van der Waals surface area contributed by atoms with E-state index >= 15 is 0 Å². The van der Waals surface area contributed by atoms with E-state index in [1.807, 2.05) is 0 Å². The highest BCUT2D eigenvalue weighted by Crippen LogP contribution is 2.27. The van der Waals surface area contributed by atoms with Crippen LogP contribution < -0.4 is 11.9 Å². The highest BCUT2D eigenvalue weighted by Gasteiger charge is 2.23. The van der Waals surface area contributed by atoms with Crippen molar-refractivity contribution in [3.63, 3.8) is 0 Å². The second-order valence-electron chi connectivity index (χ2n) is 13.2. The Morgan fingerprint density at radius 2 is 0.436 bits per heavy atom. The molecular weight excluding hydrogens is 472 g/mol. The summed E-state index contributed by atoms with van der Waals surface area (Å²) in [4.78, 5) is 0. The number of rotatable bonds is 33. The standard InChI is InChI=1S/C37H77N.H3N/c1-4-7-10-13-16-19-22-25-28-31-34-37(38,35-32-29-26-23-20-17-14-11-8-5-2)36-33-30-27-24-21-18-15-12-9-6-3;/h4-36,38H2,1-3H3;1H3. The van der Waals surface area contributed by atoms with E-state index in [1.54, 1.807) is 0 Å². The lowest BCUT2D eigenvalue weighted by Gasteiger charge is -2.30. The molecule has 0 saturated heterocycles. The third-order valence-electron chi connectivity index (χ3n) is 9.08. The molecule has 0 aliphatic heterocycles. The fraction of sp³-hybridized carbons (Fsp3) is 1.00. The van der Waals surface area contributed by atoms with Crippen molar-refractivity contribution in [1.82, 2.24) is 6.15 Å². The van der Waals surface area contributed by atoms with Crippen LogP contribution in [0, 0.1) is 0 Å². The Morgan fingerprint density at radius 3 is 0.615 bits per heavy atom. The highest BCUT2D eigenvalue weighted by atomic mass is 14.7. The normalized spacial score (nSPS) is 11.7. The largest absolute Gasteiger partial charge is 0.344 e. The van der Waals surface area contributed by atoms with Crippen LogP contribution in [0.2, 0.25) is 0 Å². The maximum Gasteiger partial charge on any atom is 0.0154 e. The minimum Gasteiger partial charge on any atom is -0.344 e. The van der Waals surface area contributed by atoms with Crippen LogP contribution in [0.25, 0.3) is 0 Å². The Morgan fingerprint density at radius 1 is 0.282 bits per heavy atom. The summed E-state index contributed by atoms with van der Waals surface area (Å²) < 4.78 is 0. The Kier molecular flexibility index (Phi) is 35.9. The molecule has 0 atom stereocenters. The first-order chi connectivity index (χ1) is 18.7. The molecule has 0 aromatic rings. The van der Waals surface area contributed by atoms with Crippen molar-refractivity contribution in [2.75, 3.05) is 0 Å². The average molecular weight is 553 g/mol. The summed E-state index contributed by atoms with van der Waals surface area (Å²) in [6.07, 6.45) is 46.6. The topological polar surface area (TPSA) is 61.0 Å². The first kappa shape index (κ1) is 41.1. The molecule has 0 aromatic carbocycles. The van der Waals surface area contributed by atoms with Gasteiger partial charge < -0.3 is 11.9 Å². The molecule has 238 valence electrons. The smallest absolute Gasteiger partial charge is 0.0154 e. The maximum absolute atomic E-state index is 7.12. The van der Waals surface area contributed by atoms with E-state index in [4.69, 9.17) is 5.73 Å². The number of hydrogen-bond acceptors (Lipinski definition) is 2. The summed E-state index contributed by atoms with van der Waals surface area (Å²) >= 11 is 0. The molecule has 0 aromatic heterocycles. The molecular formula is C37H80N2. The van der Waals surface area contributed by atoms with Gasteiger partial charge in [-0.05, 0) is 19.3 Å². The minimum absolute atomic E-state index is 0. The molecule has 0 fully saturated rings. The number of unbranched alkanes of at least 4 members (excludes halogenated alkanes) is 27. The lowest BCUT2D eigenvalue weighted by Crippen LogP contribution is -2.39. The molecule has 39 heavy (non-hydrogen) atoms. The second kappa shape index (κ2) is 34.1. The van der Waals surface area contributed by atoms with Crippen molar-refractivity contribution < 1.29 is 0 Å². The van der Waals surface area contributed by atoms with Crippen LogP contribution in [0.4, 0.5) is 0 Å². The van der Waals surface area contributed by atoms with Gasteiger partial charge in [0.05, 0.1) is 0 Å². The molecule has 0 aliphatic rings. The zero-order valence-corrected chi connectivity index (χ0v) is 28.1. The molecule has 0 saturated carbocycles. The number of hydrogen-bond donors (Lipinski definition) is 2. The summed E-state index contributed by atoms with van der Waals surface area (Å²) in [7, 11) is 0. The molecule has 2 heteroatoms. The fourth-order valence-corrected chi connectivity index (χ4v) is 6.27. The van der Waals surface area contributed by atoms with Crippen LogP contribution in [-0.4, -0.2) is 5.54 Å². The number of nitrogens with two attached hydrogens (primary N) is 1. The molecule has 0 radical (unpaired) electrons. The quantitative estimate of drug-likeness (QED) is 0.0795. The van der Waals surface area contributed by atoms with E-state index in [0.29, 0.717) is 0 Å². The fourth-order valence-electron chi connectivity index (χ4n) is 6.27. The molecule has 0 bridgehead atoms. The van der Waals surface area contributed by atoms with Gasteiger partial charge >= 0.3 is 0 Å². The third kappa shape index (κ3) is 32.3. The van der Waals surface area contributed by atoms with Crippen molar-refractivity contribution in [3.05, 3.63) is 0 Å². The van der Waals surface area contributed by atoms with Crippen LogP contribution in [0.15, 0.2) is 0 Å². The average Bonchev–Trinajstić information content (AvgIpc) is 2.92. The SMILES string of the molecule is CCCCCCCCCCCCC(N)(CCCCCCCCCCCC)CCCCCCCCCCCC.N. The molecule has 5 N–H and O–H groups in total. The van der Waals surface area contributed by atoms with E-state index in [2.05, 4.69) is 20.8 Å². The summed E-state index contributed by atoms with van der Waals surface area (Å²) in [5.41, 5.74) is 7.25. The van der Waals surface area contributed by atoms with Gasteiger partial charge in [0.1, 0.15) is 0 Å². The lowest BCUT2D eigenvalue weighted by atomic mass is 9.82. The molecule has 0 amide bonds.